The first-order valence-electron chi connectivity index (χ1n) is 3.17. The molecule has 0 saturated heterocycles. The molecule has 0 aromatic rings. The largest absolute Gasteiger partial charge is 0.518 e. The fourth-order valence-electron chi connectivity index (χ4n) is 0.326. The molecule has 3 nitrogen and oxygen atoms in total. The van der Waals surface area contributed by atoms with Crippen molar-refractivity contribution in [1.29, 1.82) is 0 Å². The van der Waals surface area contributed by atoms with Crippen LogP contribution in [0.1, 0.15) is 0 Å². The minimum Gasteiger partial charge on any atom is -0.364 e. The maximum absolute atomic E-state index is 12.2. The molecule has 0 N–H and O–H groups in total. The van der Waals surface area contributed by atoms with Crippen molar-refractivity contribution in [3.05, 3.63) is 25.3 Å². The van der Waals surface area contributed by atoms with Gasteiger partial charge in [-0.25, -0.2) is 4.79 Å². The number of halogens is 4. The molecule has 0 aromatic heterocycles. The van der Waals surface area contributed by atoms with Gasteiger partial charge in [0, 0.05) is 12.2 Å². The maximum atomic E-state index is 12.2. The highest BCUT2D eigenvalue weighted by Crippen LogP contribution is 2.21. The Hall–Kier alpha value is -1.53. The number of hydrogen-bond donors (Lipinski definition) is 0. The van der Waals surface area contributed by atoms with Crippen LogP contribution in [0.5, 0.6) is 0 Å². The van der Waals surface area contributed by atoms with Crippen LogP contribution < -0.4 is 0 Å². The van der Waals surface area contributed by atoms with Gasteiger partial charge in [0.1, 0.15) is 0 Å². The van der Waals surface area contributed by atoms with E-state index >= 15 is 0 Å². The van der Waals surface area contributed by atoms with Gasteiger partial charge in [0.05, 0.1) is 0 Å². The summed E-state index contributed by atoms with van der Waals surface area (Å²) in [5.41, 5.74) is 0. The van der Waals surface area contributed by atoms with Crippen LogP contribution in [-0.4, -0.2) is 18.4 Å². The predicted octanol–water partition coefficient (Wildman–Crippen LogP) is 2.70. The monoisotopic (exact) mass is 214 g/mol. The summed E-state index contributed by atoms with van der Waals surface area (Å²) in [6.45, 7) is 5.22. The van der Waals surface area contributed by atoms with Crippen molar-refractivity contribution in [2.75, 3.05) is 0 Å². The number of carbonyl (C=O) groups excluding carboxylic acids is 1. The van der Waals surface area contributed by atoms with Crippen molar-refractivity contribution >= 4 is 6.16 Å². The van der Waals surface area contributed by atoms with Crippen molar-refractivity contribution < 1.29 is 31.8 Å². The van der Waals surface area contributed by atoms with Gasteiger partial charge in [-0.1, -0.05) is 13.2 Å². The van der Waals surface area contributed by atoms with Crippen LogP contribution in [0.4, 0.5) is 22.4 Å². The molecule has 0 rings (SSSR count). The van der Waals surface area contributed by atoms with Gasteiger partial charge in [0.15, 0.2) is 0 Å². The molecule has 0 unspecified atom stereocenters. The number of hydrogen-bond acceptors (Lipinski definition) is 3. The Labute approximate surface area is 76.6 Å². The Balaban J connectivity index is 4.25. The first-order chi connectivity index (χ1) is 6.22. The summed E-state index contributed by atoms with van der Waals surface area (Å²) in [5, 5.41) is 0. The van der Waals surface area contributed by atoms with E-state index in [4.69, 9.17) is 0 Å². The Morgan fingerprint density at radius 1 is 1.00 bits per heavy atom. The third-order valence-corrected chi connectivity index (χ3v) is 0.914. The summed E-state index contributed by atoms with van der Waals surface area (Å²) in [6.07, 6.45) is -10.4. The molecule has 0 aromatic carbocycles. The quantitative estimate of drug-likeness (QED) is 0.410. The van der Waals surface area contributed by atoms with Crippen LogP contribution in [0, 0.1) is 0 Å². The van der Waals surface area contributed by atoms with Gasteiger partial charge in [-0.3, -0.25) is 0 Å². The lowest BCUT2D eigenvalue weighted by molar-refractivity contribution is -0.219. The maximum Gasteiger partial charge on any atom is 0.518 e. The minimum atomic E-state index is -4.05. The molecule has 0 aliphatic heterocycles. The third kappa shape index (κ3) is 4.48. The second-order valence-corrected chi connectivity index (χ2v) is 1.99. The summed E-state index contributed by atoms with van der Waals surface area (Å²) < 4.78 is 55.1. The summed E-state index contributed by atoms with van der Waals surface area (Å²) in [6, 6.07) is 0. The van der Waals surface area contributed by atoms with Gasteiger partial charge in [0.2, 0.25) is 0 Å². The molecular weight excluding hydrogens is 208 g/mol. The van der Waals surface area contributed by atoms with Crippen LogP contribution in [0.3, 0.4) is 0 Å². The van der Waals surface area contributed by atoms with Gasteiger partial charge in [0.25, 0.3) is 0 Å². The van der Waals surface area contributed by atoms with E-state index in [-0.39, 0.29) is 12.2 Å². The molecule has 7 heteroatoms. The molecule has 0 spiro atoms. The molecule has 80 valence electrons. The summed E-state index contributed by atoms with van der Waals surface area (Å²) in [7, 11) is 0. The van der Waals surface area contributed by atoms with E-state index in [1.807, 2.05) is 0 Å². The van der Waals surface area contributed by atoms with Crippen LogP contribution in [0.15, 0.2) is 25.3 Å². The average molecular weight is 214 g/mol. The predicted molar refractivity (Wildman–Crippen MR) is 37.9 cm³/mol. The topological polar surface area (TPSA) is 35.5 Å². The van der Waals surface area contributed by atoms with Crippen molar-refractivity contribution in [2.24, 2.45) is 0 Å². The van der Waals surface area contributed by atoms with Gasteiger partial charge in [-0.15, -0.1) is 0 Å². The van der Waals surface area contributed by atoms with Crippen LogP contribution >= 0.6 is 0 Å². The highest BCUT2D eigenvalue weighted by Gasteiger charge is 2.36. The molecule has 14 heavy (non-hydrogen) atoms. The molecule has 0 aliphatic carbocycles. The van der Waals surface area contributed by atoms with E-state index in [0.29, 0.717) is 0 Å². The van der Waals surface area contributed by atoms with E-state index in [1.165, 1.54) is 0 Å². The van der Waals surface area contributed by atoms with Gasteiger partial charge >= 0.3 is 18.4 Å². The van der Waals surface area contributed by atoms with Crippen molar-refractivity contribution in [1.82, 2.24) is 0 Å². The molecule has 0 atom stereocenters. The lowest BCUT2D eigenvalue weighted by atomic mass is 10.6. The molecule has 0 aliphatic rings. The molecule has 0 heterocycles. The first kappa shape index (κ1) is 12.5. The summed E-state index contributed by atoms with van der Waals surface area (Å²) >= 11 is 0. The highest BCUT2D eigenvalue weighted by atomic mass is 19.3. The molecule has 0 radical (unpaired) electrons. The lowest BCUT2D eigenvalue weighted by Crippen LogP contribution is -2.28. The molecule has 0 amide bonds. The smallest absolute Gasteiger partial charge is 0.364 e. The van der Waals surface area contributed by atoms with Crippen molar-refractivity contribution in [2.45, 2.75) is 12.2 Å². The number of alkyl halides is 4. The fourth-order valence-corrected chi connectivity index (χ4v) is 0.326. The zero-order chi connectivity index (χ0) is 11.4. The Kier molecular flexibility index (Phi) is 3.67. The van der Waals surface area contributed by atoms with E-state index < -0.39 is 18.4 Å². The van der Waals surface area contributed by atoms with Gasteiger partial charge in [-0.2, -0.15) is 17.6 Å². The standard InChI is InChI=1S/C7H6F4O3/c1-3-6(8,9)13-5(12)14-7(10,11)4-2/h3-4H,1-2H2. The van der Waals surface area contributed by atoms with Crippen molar-refractivity contribution in [3.8, 4) is 0 Å². The fraction of sp³-hybridized carbons (Fsp3) is 0.286. The second-order valence-electron chi connectivity index (χ2n) is 1.99. The molecule has 0 fully saturated rings. The van der Waals surface area contributed by atoms with Crippen LogP contribution in [0.25, 0.3) is 0 Å². The molecule has 0 bridgehead atoms. The van der Waals surface area contributed by atoms with Crippen LogP contribution in [-0.2, 0) is 9.47 Å². The van der Waals surface area contributed by atoms with E-state index in [1.54, 1.807) is 0 Å². The van der Waals surface area contributed by atoms with Gasteiger partial charge in [-0.05, 0) is 0 Å². The SMILES string of the molecule is C=CC(F)(F)OC(=O)OC(F)(F)C=C. The Bertz CT molecular complexity index is 225. The third-order valence-electron chi connectivity index (χ3n) is 0.914. The Morgan fingerprint density at radius 2 is 1.29 bits per heavy atom. The van der Waals surface area contributed by atoms with Gasteiger partial charge < -0.3 is 9.47 Å². The van der Waals surface area contributed by atoms with E-state index in [0.717, 1.165) is 0 Å². The van der Waals surface area contributed by atoms with E-state index in [2.05, 4.69) is 22.6 Å². The number of rotatable bonds is 4. The first-order valence-corrected chi connectivity index (χ1v) is 3.17. The van der Waals surface area contributed by atoms with Crippen molar-refractivity contribution in [3.63, 3.8) is 0 Å². The Morgan fingerprint density at radius 3 is 1.50 bits per heavy atom. The summed E-state index contributed by atoms with van der Waals surface area (Å²) in [4.78, 5) is 10.3. The second kappa shape index (κ2) is 4.12. The molecular formula is C7H6F4O3. The zero-order valence-corrected chi connectivity index (χ0v) is 6.81. The van der Waals surface area contributed by atoms with E-state index in [9.17, 15) is 22.4 Å². The zero-order valence-electron chi connectivity index (χ0n) is 6.81. The minimum absolute atomic E-state index is 0.0414. The highest BCUT2D eigenvalue weighted by molar-refractivity contribution is 5.61. The molecule has 0 saturated carbocycles. The lowest BCUT2D eigenvalue weighted by Gasteiger charge is -2.15. The average Bonchev–Trinajstić information content (AvgIpc) is 2.02. The number of carbonyl (C=O) groups is 1. The number of ether oxygens (including phenoxy) is 2. The normalized spacial score (nSPS) is 11.7. The summed E-state index contributed by atoms with van der Waals surface area (Å²) in [5.74, 6) is 0. The van der Waals surface area contributed by atoms with Crippen LogP contribution in [0.2, 0.25) is 0 Å².